The first kappa shape index (κ1) is 12.6. The van der Waals surface area contributed by atoms with Crippen LogP contribution >= 0.6 is 0 Å². The molecule has 1 aromatic heterocycles. The summed E-state index contributed by atoms with van der Waals surface area (Å²) in [4.78, 5) is 14.6. The van der Waals surface area contributed by atoms with Crippen LogP contribution in [0.25, 0.3) is 0 Å². The van der Waals surface area contributed by atoms with Crippen molar-refractivity contribution < 1.29 is 4.74 Å². The summed E-state index contributed by atoms with van der Waals surface area (Å²) < 4.78 is 6.99. The van der Waals surface area contributed by atoms with Crippen LogP contribution in [0.4, 0.5) is 0 Å². The fraction of sp³-hybridized carbons (Fsp3) is 0.357. The summed E-state index contributed by atoms with van der Waals surface area (Å²) in [6.07, 6.45) is 0.735. The van der Waals surface area contributed by atoms with Gasteiger partial charge < -0.3 is 9.72 Å². The lowest BCUT2D eigenvalue weighted by Gasteiger charge is -2.08. The molecule has 2 rings (SSSR count). The van der Waals surface area contributed by atoms with Crippen LogP contribution in [0.5, 0.6) is 0 Å². The lowest BCUT2D eigenvalue weighted by molar-refractivity contribution is 0.0839. The summed E-state index contributed by atoms with van der Waals surface area (Å²) in [5.74, 6) is 0. The second-order valence-electron chi connectivity index (χ2n) is 4.21. The minimum Gasteiger partial charge on any atom is -0.361 e. The Hall–Kier alpha value is -1.81. The first-order valence-corrected chi connectivity index (χ1v) is 6.12. The zero-order valence-corrected chi connectivity index (χ0v) is 10.8. The topological polar surface area (TPSA) is 47.0 Å². The highest BCUT2D eigenvalue weighted by Gasteiger charge is 2.11. The van der Waals surface area contributed by atoms with Gasteiger partial charge in [-0.15, -0.1) is 0 Å². The molecule has 18 heavy (non-hydrogen) atoms. The molecule has 0 amide bonds. The van der Waals surface area contributed by atoms with Crippen LogP contribution in [0.1, 0.15) is 23.9 Å². The Morgan fingerprint density at radius 1 is 1.28 bits per heavy atom. The molecule has 0 atom stereocenters. The van der Waals surface area contributed by atoms with Gasteiger partial charge in [0, 0.05) is 24.4 Å². The molecule has 1 heterocycles. The number of nitrogens with zero attached hydrogens (tertiary/aromatic N) is 1. The van der Waals surface area contributed by atoms with Gasteiger partial charge in [-0.25, -0.2) is 4.79 Å². The molecule has 0 saturated heterocycles. The maximum Gasteiger partial charge on any atom is 0.327 e. The number of aromatic nitrogens is 2. The van der Waals surface area contributed by atoms with Gasteiger partial charge in [0.15, 0.2) is 0 Å². The van der Waals surface area contributed by atoms with Crippen molar-refractivity contribution in [2.24, 2.45) is 0 Å². The van der Waals surface area contributed by atoms with Gasteiger partial charge in [0.1, 0.15) is 6.73 Å². The molecule has 0 aliphatic rings. The van der Waals surface area contributed by atoms with E-state index in [1.54, 1.807) is 4.57 Å². The molecule has 0 bridgehead atoms. The summed E-state index contributed by atoms with van der Waals surface area (Å²) in [6.45, 7) is 4.74. The molecule has 4 heteroatoms. The van der Waals surface area contributed by atoms with Crippen molar-refractivity contribution in [3.63, 3.8) is 0 Å². The Labute approximate surface area is 106 Å². The molecule has 0 unspecified atom stereocenters. The smallest absolute Gasteiger partial charge is 0.327 e. The van der Waals surface area contributed by atoms with Gasteiger partial charge >= 0.3 is 5.69 Å². The van der Waals surface area contributed by atoms with Crippen LogP contribution in [-0.2, 0) is 17.9 Å². The summed E-state index contributed by atoms with van der Waals surface area (Å²) in [7, 11) is 0. The van der Waals surface area contributed by atoms with Crippen molar-refractivity contribution >= 4 is 0 Å². The second kappa shape index (κ2) is 5.69. The van der Waals surface area contributed by atoms with E-state index in [2.05, 4.69) is 17.1 Å². The lowest BCUT2D eigenvalue weighted by atomic mass is 10.1. The van der Waals surface area contributed by atoms with Crippen LogP contribution in [0.2, 0.25) is 0 Å². The number of ether oxygens (including phenoxy) is 1. The van der Waals surface area contributed by atoms with Crippen molar-refractivity contribution in [1.29, 1.82) is 0 Å². The third-order valence-electron chi connectivity index (χ3n) is 2.94. The summed E-state index contributed by atoms with van der Waals surface area (Å²) in [6, 6.07) is 10.1. The van der Waals surface area contributed by atoms with Crippen LogP contribution in [0.15, 0.2) is 35.1 Å². The van der Waals surface area contributed by atoms with Crippen molar-refractivity contribution in [3.05, 3.63) is 57.8 Å². The maximum atomic E-state index is 11.8. The van der Waals surface area contributed by atoms with E-state index in [9.17, 15) is 4.79 Å². The third kappa shape index (κ3) is 2.71. The number of H-pyrrole nitrogens is 1. The van der Waals surface area contributed by atoms with Crippen LogP contribution in [0.3, 0.4) is 0 Å². The van der Waals surface area contributed by atoms with E-state index in [1.165, 1.54) is 5.56 Å². The summed E-state index contributed by atoms with van der Waals surface area (Å²) in [5, 5.41) is 0. The van der Waals surface area contributed by atoms with Crippen LogP contribution < -0.4 is 5.69 Å². The number of rotatable bonds is 5. The second-order valence-corrected chi connectivity index (χ2v) is 4.21. The molecule has 0 saturated carbocycles. The van der Waals surface area contributed by atoms with Gasteiger partial charge in [-0.3, -0.25) is 4.57 Å². The zero-order chi connectivity index (χ0) is 13.0. The first-order valence-electron chi connectivity index (χ1n) is 6.12. The van der Waals surface area contributed by atoms with Crippen molar-refractivity contribution in [3.8, 4) is 0 Å². The van der Waals surface area contributed by atoms with E-state index in [1.807, 2.05) is 32.0 Å². The van der Waals surface area contributed by atoms with Gasteiger partial charge in [0.2, 0.25) is 0 Å². The molecule has 0 fully saturated rings. The van der Waals surface area contributed by atoms with Gasteiger partial charge in [-0.1, -0.05) is 30.3 Å². The number of hydrogen-bond donors (Lipinski definition) is 1. The highest BCUT2D eigenvalue weighted by Crippen LogP contribution is 2.11. The Bertz CT molecular complexity index is 555. The minimum absolute atomic E-state index is 0.105. The summed E-state index contributed by atoms with van der Waals surface area (Å²) >= 11 is 0. The van der Waals surface area contributed by atoms with E-state index in [0.717, 1.165) is 17.8 Å². The van der Waals surface area contributed by atoms with Crippen LogP contribution in [0, 0.1) is 6.92 Å². The largest absolute Gasteiger partial charge is 0.361 e. The fourth-order valence-corrected chi connectivity index (χ4v) is 1.96. The van der Waals surface area contributed by atoms with E-state index in [4.69, 9.17) is 4.74 Å². The molecular formula is C14H18N2O2. The van der Waals surface area contributed by atoms with Gasteiger partial charge in [0.25, 0.3) is 0 Å². The minimum atomic E-state index is -0.105. The Kier molecular flexibility index (Phi) is 3.99. The molecule has 0 aliphatic heterocycles. The van der Waals surface area contributed by atoms with Crippen LogP contribution in [-0.4, -0.2) is 16.2 Å². The molecule has 96 valence electrons. The number of benzene rings is 1. The molecule has 2 aromatic rings. The van der Waals surface area contributed by atoms with E-state index < -0.39 is 0 Å². The summed E-state index contributed by atoms with van der Waals surface area (Å²) in [5.41, 5.74) is 2.97. The third-order valence-corrected chi connectivity index (χ3v) is 2.94. The van der Waals surface area contributed by atoms with Gasteiger partial charge in [-0.2, -0.15) is 0 Å². The zero-order valence-electron chi connectivity index (χ0n) is 10.8. The Balaban J connectivity index is 2.29. The fourth-order valence-electron chi connectivity index (χ4n) is 1.96. The average molecular weight is 246 g/mol. The maximum absolute atomic E-state index is 11.8. The molecule has 0 spiro atoms. The molecule has 1 N–H and O–H groups in total. The highest BCUT2D eigenvalue weighted by molar-refractivity contribution is 5.24. The first-order chi connectivity index (χ1) is 8.72. The normalized spacial score (nSPS) is 10.8. The average Bonchev–Trinajstić information content (AvgIpc) is 2.63. The molecule has 0 radical (unpaired) electrons. The Morgan fingerprint density at radius 2 is 2.00 bits per heavy atom. The number of imidazole rings is 1. The number of aryl methyl sites for hydroxylation is 1. The van der Waals surface area contributed by atoms with Gasteiger partial charge in [-0.05, 0) is 19.4 Å². The van der Waals surface area contributed by atoms with Crippen molar-refractivity contribution in [1.82, 2.24) is 9.55 Å². The van der Waals surface area contributed by atoms with Crippen molar-refractivity contribution in [2.45, 2.75) is 27.0 Å². The standard InChI is InChI=1S/C14H18N2O2/c1-3-18-10-16-13(11(2)15-14(16)17)9-12-7-5-4-6-8-12/h4-8H,3,9-10H2,1-2H3,(H,15,17). The lowest BCUT2D eigenvalue weighted by Crippen LogP contribution is -2.20. The van der Waals surface area contributed by atoms with E-state index in [0.29, 0.717) is 13.3 Å². The predicted octanol–water partition coefficient (Wildman–Crippen LogP) is 2.07. The number of nitrogens with one attached hydrogen (secondary N) is 1. The highest BCUT2D eigenvalue weighted by atomic mass is 16.5. The van der Waals surface area contributed by atoms with E-state index >= 15 is 0 Å². The Morgan fingerprint density at radius 3 is 2.67 bits per heavy atom. The molecule has 1 aromatic carbocycles. The number of hydrogen-bond acceptors (Lipinski definition) is 2. The van der Waals surface area contributed by atoms with Crippen molar-refractivity contribution in [2.75, 3.05) is 6.61 Å². The molecule has 0 aliphatic carbocycles. The quantitative estimate of drug-likeness (QED) is 0.878. The monoisotopic (exact) mass is 246 g/mol. The van der Waals surface area contributed by atoms with E-state index in [-0.39, 0.29) is 5.69 Å². The molecular weight excluding hydrogens is 228 g/mol. The molecule has 4 nitrogen and oxygen atoms in total. The predicted molar refractivity (Wildman–Crippen MR) is 70.7 cm³/mol. The SMILES string of the molecule is CCOCn1c(Cc2ccccc2)c(C)[nH]c1=O. The number of aromatic amines is 1. The van der Waals surface area contributed by atoms with Gasteiger partial charge in [0.05, 0.1) is 0 Å².